The summed E-state index contributed by atoms with van der Waals surface area (Å²) in [4.78, 5) is 24.6. The van der Waals surface area contributed by atoms with E-state index in [0.717, 1.165) is 0 Å². The zero-order valence-electron chi connectivity index (χ0n) is 9.35. The molecule has 4 nitrogen and oxygen atoms in total. The summed E-state index contributed by atoms with van der Waals surface area (Å²) in [6.07, 6.45) is 0.736. The second-order valence-corrected chi connectivity index (χ2v) is 3.82. The van der Waals surface area contributed by atoms with Crippen molar-refractivity contribution < 1.29 is 18.7 Å². The normalized spacial score (nSPS) is 19.5. The first kappa shape index (κ1) is 11.6. The van der Waals surface area contributed by atoms with Crippen LogP contribution in [-0.4, -0.2) is 25.0 Å². The maximum atomic E-state index is 12.8. The molecule has 1 fully saturated rings. The van der Waals surface area contributed by atoms with Crippen molar-refractivity contribution in [3.63, 3.8) is 0 Å². The number of carbonyl (C=O) groups is 2. The highest BCUT2D eigenvalue weighted by atomic mass is 19.1. The van der Waals surface area contributed by atoms with E-state index in [-0.39, 0.29) is 11.7 Å². The standard InChI is InChI=1S/C12H12FNO3/c1-17-12(16)10-6-7-11(15)14(10)9-4-2-8(13)3-5-9/h2-5,10H,6-7H2,1H3/t10-/m0/s1. The van der Waals surface area contributed by atoms with Gasteiger partial charge in [0.15, 0.2) is 0 Å². The molecule has 1 heterocycles. The molecular formula is C12H12FNO3. The Labute approximate surface area is 98.0 Å². The van der Waals surface area contributed by atoms with Crippen molar-refractivity contribution in [2.24, 2.45) is 0 Å². The van der Waals surface area contributed by atoms with Gasteiger partial charge in [0.05, 0.1) is 7.11 Å². The number of amides is 1. The molecule has 0 saturated carbocycles. The lowest BCUT2D eigenvalue weighted by atomic mass is 10.2. The van der Waals surface area contributed by atoms with Crippen LogP contribution in [0.5, 0.6) is 0 Å². The van der Waals surface area contributed by atoms with Gasteiger partial charge in [0, 0.05) is 12.1 Å². The van der Waals surface area contributed by atoms with E-state index in [0.29, 0.717) is 18.5 Å². The first-order valence-electron chi connectivity index (χ1n) is 5.29. The SMILES string of the molecule is COC(=O)[C@@H]1CCC(=O)N1c1ccc(F)cc1. The summed E-state index contributed by atoms with van der Waals surface area (Å²) in [5.74, 6) is -0.970. The molecule has 1 atom stereocenters. The molecule has 1 amide bonds. The second-order valence-electron chi connectivity index (χ2n) is 3.82. The van der Waals surface area contributed by atoms with E-state index in [9.17, 15) is 14.0 Å². The highest BCUT2D eigenvalue weighted by molar-refractivity contribution is 6.02. The second kappa shape index (κ2) is 4.53. The fourth-order valence-electron chi connectivity index (χ4n) is 1.97. The van der Waals surface area contributed by atoms with Crippen LogP contribution in [0, 0.1) is 5.82 Å². The van der Waals surface area contributed by atoms with Crippen molar-refractivity contribution in [1.29, 1.82) is 0 Å². The van der Waals surface area contributed by atoms with E-state index >= 15 is 0 Å². The monoisotopic (exact) mass is 237 g/mol. The fourth-order valence-corrected chi connectivity index (χ4v) is 1.97. The van der Waals surface area contributed by atoms with Crippen LogP contribution in [-0.2, 0) is 14.3 Å². The molecule has 0 radical (unpaired) electrons. The van der Waals surface area contributed by atoms with Crippen LogP contribution in [0.2, 0.25) is 0 Å². The van der Waals surface area contributed by atoms with E-state index < -0.39 is 12.0 Å². The molecule has 0 aromatic heterocycles. The molecule has 5 heteroatoms. The molecule has 1 aromatic carbocycles. The highest BCUT2D eigenvalue weighted by Gasteiger charge is 2.37. The Kier molecular flexibility index (Phi) is 3.08. The number of esters is 1. The summed E-state index contributed by atoms with van der Waals surface area (Å²) >= 11 is 0. The molecule has 0 bridgehead atoms. The number of carbonyl (C=O) groups excluding carboxylic acids is 2. The van der Waals surface area contributed by atoms with Crippen LogP contribution in [0.15, 0.2) is 24.3 Å². The quantitative estimate of drug-likeness (QED) is 0.732. The van der Waals surface area contributed by atoms with Crippen LogP contribution < -0.4 is 4.90 Å². The van der Waals surface area contributed by atoms with Crippen molar-refractivity contribution in [2.45, 2.75) is 18.9 Å². The largest absolute Gasteiger partial charge is 0.467 e. The Morgan fingerprint density at radius 3 is 2.65 bits per heavy atom. The van der Waals surface area contributed by atoms with Crippen molar-refractivity contribution >= 4 is 17.6 Å². The molecule has 0 unspecified atom stereocenters. The number of rotatable bonds is 2. The minimum Gasteiger partial charge on any atom is -0.467 e. The summed E-state index contributed by atoms with van der Waals surface area (Å²) in [7, 11) is 1.29. The molecular weight excluding hydrogens is 225 g/mol. The molecule has 0 N–H and O–H groups in total. The summed E-state index contributed by atoms with van der Waals surface area (Å²) < 4.78 is 17.4. The number of anilines is 1. The number of nitrogens with zero attached hydrogens (tertiary/aromatic N) is 1. The van der Waals surface area contributed by atoms with Crippen molar-refractivity contribution in [3.05, 3.63) is 30.1 Å². The van der Waals surface area contributed by atoms with Crippen molar-refractivity contribution in [1.82, 2.24) is 0 Å². The van der Waals surface area contributed by atoms with Gasteiger partial charge in [-0.1, -0.05) is 0 Å². The Hall–Kier alpha value is -1.91. The van der Waals surface area contributed by atoms with Crippen molar-refractivity contribution in [2.75, 3.05) is 12.0 Å². The molecule has 1 saturated heterocycles. The Morgan fingerprint density at radius 1 is 1.41 bits per heavy atom. The lowest BCUT2D eigenvalue weighted by Crippen LogP contribution is -2.39. The topological polar surface area (TPSA) is 46.6 Å². The Balaban J connectivity index is 2.30. The minimum atomic E-state index is -0.599. The third-order valence-corrected chi connectivity index (χ3v) is 2.79. The Bertz CT molecular complexity index is 444. The van der Waals surface area contributed by atoms with Gasteiger partial charge in [-0.2, -0.15) is 0 Å². The molecule has 0 spiro atoms. The predicted octanol–water partition coefficient (Wildman–Crippen LogP) is 1.49. The summed E-state index contributed by atoms with van der Waals surface area (Å²) in [6, 6.07) is 4.88. The first-order valence-corrected chi connectivity index (χ1v) is 5.29. The zero-order valence-corrected chi connectivity index (χ0v) is 9.35. The Morgan fingerprint density at radius 2 is 2.06 bits per heavy atom. The van der Waals surface area contributed by atoms with E-state index in [2.05, 4.69) is 4.74 Å². The van der Waals surface area contributed by atoms with Gasteiger partial charge >= 0.3 is 5.97 Å². The fraction of sp³-hybridized carbons (Fsp3) is 0.333. The van der Waals surface area contributed by atoms with E-state index in [4.69, 9.17) is 0 Å². The molecule has 17 heavy (non-hydrogen) atoms. The molecule has 1 aliphatic rings. The number of hydrogen-bond donors (Lipinski definition) is 0. The lowest BCUT2D eigenvalue weighted by Gasteiger charge is -2.22. The van der Waals surface area contributed by atoms with E-state index in [1.165, 1.54) is 36.3 Å². The van der Waals surface area contributed by atoms with Gasteiger partial charge in [0.2, 0.25) is 5.91 Å². The number of methoxy groups -OCH3 is 1. The van der Waals surface area contributed by atoms with Gasteiger partial charge in [-0.15, -0.1) is 0 Å². The lowest BCUT2D eigenvalue weighted by molar-refractivity contribution is -0.142. The number of ether oxygens (including phenoxy) is 1. The maximum Gasteiger partial charge on any atom is 0.328 e. The third-order valence-electron chi connectivity index (χ3n) is 2.79. The van der Waals surface area contributed by atoms with Gasteiger partial charge in [0.25, 0.3) is 0 Å². The number of benzene rings is 1. The number of halogens is 1. The van der Waals surface area contributed by atoms with Gasteiger partial charge in [-0.25, -0.2) is 9.18 Å². The van der Waals surface area contributed by atoms with Crippen LogP contribution in [0.25, 0.3) is 0 Å². The van der Waals surface area contributed by atoms with Gasteiger partial charge in [0.1, 0.15) is 11.9 Å². The summed E-state index contributed by atoms with van der Waals surface area (Å²) in [5.41, 5.74) is 0.518. The predicted molar refractivity (Wildman–Crippen MR) is 58.9 cm³/mol. The molecule has 2 rings (SSSR count). The van der Waals surface area contributed by atoms with Crippen LogP contribution in [0.3, 0.4) is 0 Å². The van der Waals surface area contributed by atoms with Gasteiger partial charge in [-0.3, -0.25) is 9.69 Å². The van der Waals surface area contributed by atoms with E-state index in [1.54, 1.807) is 0 Å². The summed E-state index contributed by atoms with van der Waals surface area (Å²) in [6.45, 7) is 0. The van der Waals surface area contributed by atoms with E-state index in [1.807, 2.05) is 0 Å². The summed E-state index contributed by atoms with van der Waals surface area (Å²) in [5, 5.41) is 0. The number of hydrogen-bond acceptors (Lipinski definition) is 3. The molecule has 1 aromatic rings. The van der Waals surface area contributed by atoms with Crippen LogP contribution >= 0.6 is 0 Å². The minimum absolute atomic E-state index is 0.146. The molecule has 90 valence electrons. The van der Waals surface area contributed by atoms with Gasteiger partial charge in [-0.05, 0) is 30.7 Å². The smallest absolute Gasteiger partial charge is 0.328 e. The highest BCUT2D eigenvalue weighted by Crippen LogP contribution is 2.27. The molecule has 1 aliphatic heterocycles. The molecule has 0 aliphatic carbocycles. The third kappa shape index (κ3) is 2.13. The maximum absolute atomic E-state index is 12.8. The first-order chi connectivity index (χ1) is 8.13. The average Bonchev–Trinajstić information content (AvgIpc) is 2.71. The zero-order chi connectivity index (χ0) is 12.4. The van der Waals surface area contributed by atoms with Crippen LogP contribution in [0.4, 0.5) is 10.1 Å². The average molecular weight is 237 g/mol. The van der Waals surface area contributed by atoms with Crippen molar-refractivity contribution in [3.8, 4) is 0 Å². The van der Waals surface area contributed by atoms with Gasteiger partial charge < -0.3 is 4.74 Å². The van der Waals surface area contributed by atoms with Crippen LogP contribution in [0.1, 0.15) is 12.8 Å².